The van der Waals surface area contributed by atoms with Crippen LogP contribution >= 0.6 is 0 Å². The Morgan fingerprint density at radius 1 is 0.952 bits per heavy atom. The zero-order chi connectivity index (χ0) is 15.0. The molecule has 0 bridgehead atoms. The molecule has 0 radical (unpaired) electrons. The van der Waals surface area contributed by atoms with Gasteiger partial charge in [0.1, 0.15) is 18.2 Å². The lowest BCUT2D eigenvalue weighted by Crippen LogP contribution is -1.98. The van der Waals surface area contributed by atoms with Gasteiger partial charge in [0.25, 0.3) is 0 Å². The molecule has 0 aliphatic carbocycles. The number of hydrogen-bond donors (Lipinski definition) is 1. The lowest BCUT2D eigenvalue weighted by molar-refractivity contribution is 0.297. The quantitative estimate of drug-likeness (QED) is 0.773. The van der Waals surface area contributed by atoms with Gasteiger partial charge in [-0.2, -0.15) is 0 Å². The molecule has 0 fully saturated rings. The minimum atomic E-state index is 0.454. The van der Waals surface area contributed by atoms with E-state index in [4.69, 9.17) is 4.74 Å². The Bertz CT molecular complexity index is 802. The lowest BCUT2D eigenvalue weighted by Gasteiger charge is -2.06. The molecule has 3 nitrogen and oxygen atoms in total. The molecule has 0 amide bonds. The van der Waals surface area contributed by atoms with Crippen LogP contribution in [0.3, 0.4) is 0 Å². The first kappa shape index (κ1) is 13.7. The molecular formula is C18H20N2O. The Balaban J connectivity index is 1.82. The van der Waals surface area contributed by atoms with E-state index in [1.807, 2.05) is 6.07 Å². The second-order valence-corrected chi connectivity index (χ2v) is 5.70. The van der Waals surface area contributed by atoms with E-state index < -0.39 is 0 Å². The van der Waals surface area contributed by atoms with Gasteiger partial charge in [0, 0.05) is 0 Å². The van der Waals surface area contributed by atoms with Crippen molar-refractivity contribution in [2.75, 3.05) is 0 Å². The number of hydrogen-bond acceptors (Lipinski definition) is 2. The van der Waals surface area contributed by atoms with E-state index in [-0.39, 0.29) is 0 Å². The van der Waals surface area contributed by atoms with E-state index in [9.17, 15) is 0 Å². The molecule has 0 spiro atoms. The molecule has 0 unspecified atom stereocenters. The van der Waals surface area contributed by atoms with E-state index >= 15 is 0 Å². The van der Waals surface area contributed by atoms with Crippen molar-refractivity contribution >= 4 is 11.0 Å². The van der Waals surface area contributed by atoms with Crippen LogP contribution in [0.2, 0.25) is 0 Å². The predicted molar refractivity (Wildman–Crippen MR) is 85.8 cm³/mol. The molecule has 1 aromatic heterocycles. The summed E-state index contributed by atoms with van der Waals surface area (Å²) in [6, 6.07) is 10.4. The number of aromatic amines is 1. The molecule has 3 rings (SSSR count). The van der Waals surface area contributed by atoms with Crippen molar-refractivity contribution in [1.82, 2.24) is 9.97 Å². The maximum absolute atomic E-state index is 5.83. The first-order valence-corrected chi connectivity index (χ1v) is 7.19. The molecular weight excluding hydrogens is 260 g/mol. The van der Waals surface area contributed by atoms with Crippen molar-refractivity contribution in [3.05, 3.63) is 58.4 Å². The Kier molecular flexibility index (Phi) is 3.42. The van der Waals surface area contributed by atoms with Gasteiger partial charge in [-0.1, -0.05) is 12.1 Å². The summed E-state index contributed by atoms with van der Waals surface area (Å²) < 4.78 is 5.83. The van der Waals surface area contributed by atoms with Gasteiger partial charge in [0.05, 0.1) is 11.0 Å². The van der Waals surface area contributed by atoms with Crippen molar-refractivity contribution in [3.8, 4) is 5.75 Å². The number of ether oxygens (including phenoxy) is 1. The molecule has 1 heterocycles. The van der Waals surface area contributed by atoms with Gasteiger partial charge in [-0.3, -0.25) is 0 Å². The molecule has 0 saturated heterocycles. The average molecular weight is 280 g/mol. The number of rotatable bonds is 3. The minimum absolute atomic E-state index is 0.454. The third-order valence-corrected chi connectivity index (χ3v) is 3.82. The fraction of sp³-hybridized carbons (Fsp3) is 0.278. The standard InChI is InChI=1S/C18H20N2O/c1-11-7-14(4)18-16(8-11)19-17(20-18)10-21-15-6-5-12(2)13(3)9-15/h5-9H,10H2,1-4H3,(H,19,20). The highest BCUT2D eigenvalue weighted by molar-refractivity contribution is 5.79. The summed E-state index contributed by atoms with van der Waals surface area (Å²) in [7, 11) is 0. The topological polar surface area (TPSA) is 37.9 Å². The Labute approximate surface area is 125 Å². The van der Waals surface area contributed by atoms with Crippen LogP contribution in [0.15, 0.2) is 30.3 Å². The zero-order valence-electron chi connectivity index (χ0n) is 12.9. The van der Waals surface area contributed by atoms with Crippen LogP contribution in [0.5, 0.6) is 5.75 Å². The van der Waals surface area contributed by atoms with Gasteiger partial charge in [-0.15, -0.1) is 0 Å². The number of aromatic nitrogens is 2. The number of benzene rings is 2. The van der Waals surface area contributed by atoms with E-state index in [1.54, 1.807) is 0 Å². The summed E-state index contributed by atoms with van der Waals surface area (Å²) in [5, 5.41) is 0. The third kappa shape index (κ3) is 2.77. The Morgan fingerprint density at radius 3 is 2.52 bits per heavy atom. The van der Waals surface area contributed by atoms with Gasteiger partial charge >= 0.3 is 0 Å². The number of H-pyrrole nitrogens is 1. The summed E-state index contributed by atoms with van der Waals surface area (Å²) >= 11 is 0. The highest BCUT2D eigenvalue weighted by atomic mass is 16.5. The van der Waals surface area contributed by atoms with Crippen molar-refractivity contribution in [1.29, 1.82) is 0 Å². The van der Waals surface area contributed by atoms with Crippen molar-refractivity contribution in [3.63, 3.8) is 0 Å². The van der Waals surface area contributed by atoms with E-state index in [0.717, 1.165) is 22.6 Å². The van der Waals surface area contributed by atoms with Gasteiger partial charge in [0.2, 0.25) is 0 Å². The van der Waals surface area contributed by atoms with Gasteiger partial charge < -0.3 is 9.72 Å². The van der Waals surface area contributed by atoms with Crippen molar-refractivity contribution in [2.45, 2.75) is 34.3 Å². The van der Waals surface area contributed by atoms with E-state index in [1.165, 1.54) is 22.3 Å². The largest absolute Gasteiger partial charge is 0.486 e. The van der Waals surface area contributed by atoms with Gasteiger partial charge in [-0.25, -0.2) is 4.98 Å². The first-order chi connectivity index (χ1) is 10.0. The van der Waals surface area contributed by atoms with Crippen molar-refractivity contribution in [2.24, 2.45) is 0 Å². The van der Waals surface area contributed by atoms with Crippen molar-refractivity contribution < 1.29 is 4.74 Å². The highest BCUT2D eigenvalue weighted by Crippen LogP contribution is 2.20. The summed E-state index contributed by atoms with van der Waals surface area (Å²) in [6.07, 6.45) is 0. The molecule has 0 aliphatic rings. The molecule has 108 valence electrons. The molecule has 0 atom stereocenters. The van der Waals surface area contributed by atoms with E-state index in [2.05, 4.69) is 61.9 Å². The molecule has 3 aromatic rings. The van der Waals surface area contributed by atoms with Crippen LogP contribution in [0.1, 0.15) is 28.1 Å². The van der Waals surface area contributed by atoms with Crippen LogP contribution in [-0.2, 0) is 6.61 Å². The number of nitrogens with one attached hydrogen (secondary N) is 1. The monoisotopic (exact) mass is 280 g/mol. The molecule has 0 saturated carbocycles. The fourth-order valence-electron chi connectivity index (χ4n) is 2.55. The van der Waals surface area contributed by atoms with Gasteiger partial charge in [-0.05, 0) is 68.1 Å². The summed E-state index contributed by atoms with van der Waals surface area (Å²) in [6.45, 7) is 8.83. The number of imidazole rings is 1. The summed E-state index contributed by atoms with van der Waals surface area (Å²) in [5.41, 5.74) is 7.05. The number of aryl methyl sites for hydroxylation is 4. The predicted octanol–water partition coefficient (Wildman–Crippen LogP) is 4.38. The minimum Gasteiger partial charge on any atom is -0.486 e. The number of nitrogens with zero attached hydrogens (tertiary/aromatic N) is 1. The maximum Gasteiger partial charge on any atom is 0.146 e. The van der Waals surface area contributed by atoms with Crippen LogP contribution in [0.4, 0.5) is 0 Å². The highest BCUT2D eigenvalue weighted by Gasteiger charge is 2.07. The lowest BCUT2D eigenvalue weighted by atomic mass is 10.1. The first-order valence-electron chi connectivity index (χ1n) is 7.19. The second-order valence-electron chi connectivity index (χ2n) is 5.70. The van der Waals surface area contributed by atoms with E-state index in [0.29, 0.717) is 6.61 Å². The zero-order valence-corrected chi connectivity index (χ0v) is 12.9. The Morgan fingerprint density at radius 2 is 1.76 bits per heavy atom. The third-order valence-electron chi connectivity index (χ3n) is 3.82. The molecule has 2 aromatic carbocycles. The number of fused-ring (bicyclic) bond motifs is 1. The summed E-state index contributed by atoms with van der Waals surface area (Å²) in [5.74, 6) is 1.74. The molecule has 1 N–H and O–H groups in total. The molecule has 0 aliphatic heterocycles. The van der Waals surface area contributed by atoms with Crippen LogP contribution in [0.25, 0.3) is 11.0 Å². The summed E-state index contributed by atoms with van der Waals surface area (Å²) in [4.78, 5) is 7.97. The SMILES string of the molecule is Cc1cc(C)c2nc(COc3ccc(C)c(C)c3)[nH]c2c1. The van der Waals surface area contributed by atoms with Gasteiger partial charge in [0.15, 0.2) is 0 Å². The van der Waals surface area contributed by atoms with Crippen LogP contribution in [0, 0.1) is 27.7 Å². The normalized spacial score (nSPS) is 11.0. The Hall–Kier alpha value is -2.29. The average Bonchev–Trinajstić information content (AvgIpc) is 2.83. The van der Waals surface area contributed by atoms with Crippen LogP contribution < -0.4 is 4.74 Å². The molecule has 21 heavy (non-hydrogen) atoms. The van der Waals surface area contributed by atoms with Crippen LogP contribution in [-0.4, -0.2) is 9.97 Å². The molecule has 3 heteroatoms. The second kappa shape index (κ2) is 5.24. The fourth-order valence-corrected chi connectivity index (χ4v) is 2.55. The smallest absolute Gasteiger partial charge is 0.146 e. The maximum atomic E-state index is 5.83.